The number of carbonyl (C=O) groups is 5. The Balaban J connectivity index is 1.29. The number of ether oxygens (including phenoxy) is 5. The van der Waals surface area contributed by atoms with Gasteiger partial charge in [0.15, 0.2) is 11.4 Å². The van der Waals surface area contributed by atoms with Crippen molar-refractivity contribution in [3.8, 4) is 28.5 Å². The molecule has 2 aromatic carbocycles. The molecule has 19 heteroatoms. The Bertz CT molecular complexity index is 2700. The third-order valence-corrected chi connectivity index (χ3v) is 14.0. The summed E-state index contributed by atoms with van der Waals surface area (Å²) in [5, 5.41) is 57.4. The van der Waals surface area contributed by atoms with E-state index in [1.54, 1.807) is 55.2 Å². The first-order valence-electron chi connectivity index (χ1n) is 23.0. The number of phenolic OH excluding ortho intramolecular Hbond substituents is 1. The largest absolute Gasteiger partial charge is 0.507 e. The number of aliphatic hydroxyl groups is 3. The van der Waals surface area contributed by atoms with Crippen LogP contribution in [0.4, 0.5) is 0 Å². The first kappa shape index (κ1) is 51.2. The number of carbonyl (C=O) groups excluding carboxylic acids is 5. The predicted octanol–water partition coefficient (Wildman–Crippen LogP) is 4.07. The molecule has 374 valence electrons. The number of aromatic hydroxyl groups is 1. The molecule has 8 rings (SSSR count). The summed E-state index contributed by atoms with van der Waals surface area (Å²) in [6, 6.07) is 8.75. The molecule has 0 spiro atoms. The minimum atomic E-state index is -2.46. The zero-order valence-electron chi connectivity index (χ0n) is 40.5. The second-order valence-corrected chi connectivity index (χ2v) is 18.3. The second kappa shape index (κ2) is 20.4. The van der Waals surface area contributed by atoms with Gasteiger partial charge in [-0.2, -0.15) is 0 Å². The lowest BCUT2D eigenvalue weighted by atomic mass is 9.69. The number of nitrogens with one attached hydrogen (secondary N) is 2. The SMILES string of the molecule is COc1ccccc1-c1cc(CNC(=O)[C@]2(O)[C@H](C)[C@H](O)[C@H](C)[C@@H](O)[C@@H](C)/C=C\C=C(\C)C(=O)NC3=C(N4CCOCC4)C(=O)c4c(c(O)c(C)c5c4C(=O)[C@@](C)(O/C=C\[C@H](OC)[C@H]2C)O5)C3=O)on1. The van der Waals surface area contributed by atoms with E-state index in [4.69, 9.17) is 28.2 Å². The topological polar surface area (TPSA) is 266 Å². The molecule has 6 N–H and O–H groups in total. The molecule has 70 heavy (non-hydrogen) atoms. The van der Waals surface area contributed by atoms with E-state index in [0.717, 1.165) is 6.26 Å². The van der Waals surface area contributed by atoms with Gasteiger partial charge >= 0.3 is 5.79 Å². The van der Waals surface area contributed by atoms with E-state index in [2.05, 4.69) is 15.8 Å². The van der Waals surface area contributed by atoms with Gasteiger partial charge in [-0.1, -0.05) is 63.2 Å². The van der Waals surface area contributed by atoms with Gasteiger partial charge in [-0.15, -0.1) is 0 Å². The van der Waals surface area contributed by atoms with Crippen LogP contribution in [0.2, 0.25) is 0 Å². The summed E-state index contributed by atoms with van der Waals surface area (Å²) >= 11 is 0. The van der Waals surface area contributed by atoms with Crippen LogP contribution in [0.5, 0.6) is 17.2 Å². The fourth-order valence-electron chi connectivity index (χ4n) is 9.48. The highest BCUT2D eigenvalue weighted by Gasteiger charge is 2.55. The van der Waals surface area contributed by atoms with Crippen molar-refractivity contribution in [1.29, 1.82) is 0 Å². The van der Waals surface area contributed by atoms with E-state index >= 15 is 0 Å². The van der Waals surface area contributed by atoms with Crippen LogP contribution in [0.1, 0.15) is 83.9 Å². The Kier molecular flexibility index (Phi) is 14.9. The third kappa shape index (κ3) is 9.14. The number of fused-ring (bicyclic) bond motifs is 14. The number of nitrogens with zero attached hydrogens (tertiary/aromatic N) is 2. The summed E-state index contributed by atoms with van der Waals surface area (Å²) in [6.45, 7) is 10.8. The van der Waals surface area contributed by atoms with Crippen LogP contribution in [0.25, 0.3) is 11.3 Å². The Morgan fingerprint density at radius 2 is 1.66 bits per heavy atom. The highest BCUT2D eigenvalue weighted by Crippen LogP contribution is 2.49. The molecule has 0 unspecified atom stereocenters. The number of benzene rings is 2. The average Bonchev–Trinajstić information content (AvgIpc) is 3.94. The Morgan fingerprint density at radius 1 is 0.957 bits per heavy atom. The van der Waals surface area contributed by atoms with Crippen molar-refractivity contribution in [2.45, 2.75) is 84.7 Å². The van der Waals surface area contributed by atoms with E-state index in [0.29, 0.717) is 17.0 Å². The molecule has 3 aromatic rings. The van der Waals surface area contributed by atoms with Gasteiger partial charge < -0.3 is 64.2 Å². The zero-order valence-corrected chi connectivity index (χ0v) is 40.5. The van der Waals surface area contributed by atoms with E-state index < -0.39 is 105 Å². The van der Waals surface area contributed by atoms with Crippen molar-refractivity contribution in [3.05, 3.63) is 106 Å². The number of amides is 2. The third-order valence-electron chi connectivity index (χ3n) is 14.0. The number of methoxy groups -OCH3 is 2. The fraction of sp³-hybridized carbons (Fsp3) is 0.451. The van der Waals surface area contributed by atoms with Gasteiger partial charge in [0, 0.05) is 73.6 Å². The molecule has 0 radical (unpaired) electrons. The normalized spacial score (nSPS) is 30.5. The smallest absolute Gasteiger partial charge is 0.312 e. The first-order chi connectivity index (χ1) is 33.2. The monoisotopic (exact) mass is 968 g/mol. The number of aliphatic hydroxyl groups excluding tert-OH is 2. The van der Waals surface area contributed by atoms with Crippen molar-refractivity contribution >= 4 is 29.2 Å². The number of hydrogen-bond donors (Lipinski definition) is 6. The van der Waals surface area contributed by atoms with Crippen molar-refractivity contribution < 1.29 is 72.6 Å². The maximum absolute atomic E-state index is 14.8. The highest BCUT2D eigenvalue weighted by molar-refractivity contribution is 6.32. The highest BCUT2D eigenvalue weighted by atomic mass is 16.7. The summed E-state index contributed by atoms with van der Waals surface area (Å²) in [6.07, 6.45) is 2.98. The number of morpholine rings is 1. The van der Waals surface area contributed by atoms with Crippen LogP contribution >= 0.6 is 0 Å². The predicted molar refractivity (Wildman–Crippen MR) is 250 cm³/mol. The first-order valence-corrected chi connectivity index (χ1v) is 23.0. The number of Topliss-reactive ketones (excluding diaryl/α,β-unsaturated/α-hetero) is 3. The number of aromatic nitrogens is 1. The molecule has 1 aliphatic carbocycles. The Hall–Kier alpha value is -6.64. The number of ketones is 3. The van der Waals surface area contributed by atoms with Gasteiger partial charge in [0.05, 0.1) is 68.1 Å². The molecular weight excluding hydrogens is 909 g/mol. The summed E-state index contributed by atoms with van der Waals surface area (Å²) in [7, 11) is 2.84. The van der Waals surface area contributed by atoms with Gasteiger partial charge in [0.2, 0.25) is 11.6 Å². The molecule has 1 aromatic heterocycles. The summed E-state index contributed by atoms with van der Waals surface area (Å²) in [4.78, 5) is 74.0. The molecule has 19 nitrogen and oxygen atoms in total. The van der Waals surface area contributed by atoms with Gasteiger partial charge in [0.25, 0.3) is 17.6 Å². The lowest BCUT2D eigenvalue weighted by Crippen LogP contribution is -2.61. The van der Waals surface area contributed by atoms with Gasteiger partial charge in [-0.3, -0.25) is 24.0 Å². The molecule has 1 saturated heterocycles. The zero-order chi connectivity index (χ0) is 51.0. The van der Waals surface area contributed by atoms with Gasteiger partial charge in [0.1, 0.15) is 34.3 Å². The Morgan fingerprint density at radius 3 is 2.34 bits per heavy atom. The van der Waals surface area contributed by atoms with Crippen LogP contribution < -0.4 is 20.1 Å². The molecule has 0 saturated carbocycles. The number of para-hydroxylation sites is 1. The van der Waals surface area contributed by atoms with E-state index in [-0.39, 0.29) is 66.8 Å². The average molecular weight is 969 g/mol. The maximum Gasteiger partial charge on any atom is 0.312 e. The minimum Gasteiger partial charge on any atom is -0.507 e. The molecule has 5 aliphatic rings. The van der Waals surface area contributed by atoms with E-state index in [1.807, 2.05) is 0 Å². The molecule has 5 bridgehead atoms. The van der Waals surface area contributed by atoms with Crippen LogP contribution in [0.3, 0.4) is 0 Å². The van der Waals surface area contributed by atoms with Crippen LogP contribution in [0, 0.1) is 30.6 Å². The number of phenols is 1. The van der Waals surface area contributed by atoms with Gasteiger partial charge in [-0.25, -0.2) is 0 Å². The minimum absolute atomic E-state index is 0.0503. The van der Waals surface area contributed by atoms with Crippen molar-refractivity contribution in [2.75, 3.05) is 40.5 Å². The molecule has 1 fully saturated rings. The molecule has 2 amide bonds. The standard InChI is InChI=1S/C51H60N4O15/c1-25-13-12-14-26(2)48(62)53-39-40(55-18-21-67-22-19-55)45(60)36-37(44(39)59)43(58)28(4)46-38(36)47(61)50(7,69-46)68-20-17-34(65-8)29(5)51(64,30(6)42(57)27(3)41(25)56)49(63)52-24-31-23-33(54-70-31)32-15-10-11-16-35(32)66-9/h10-17,20,23,25,27,29-30,34,41-42,56-58,64H,18-19,21-22,24H2,1-9H3,(H,52,63)(H,53,62)/b13-12-,20-17-,26-14-/t25-,27+,29+,30+,34-,41-,42+,50-,51+/m0/s1. The van der Waals surface area contributed by atoms with Crippen LogP contribution in [0.15, 0.2) is 82.4 Å². The van der Waals surface area contributed by atoms with E-state index in [9.17, 15) is 44.4 Å². The number of allylic oxidation sites excluding steroid dienone is 4. The second-order valence-electron chi connectivity index (χ2n) is 18.3. The number of rotatable bonds is 7. The summed E-state index contributed by atoms with van der Waals surface area (Å²) in [5.41, 5.74) is -3.20. The van der Waals surface area contributed by atoms with E-state index in [1.165, 1.54) is 67.1 Å². The summed E-state index contributed by atoms with van der Waals surface area (Å²) in [5.74, 6) is -10.7. The van der Waals surface area contributed by atoms with Crippen LogP contribution in [-0.2, 0) is 30.3 Å². The van der Waals surface area contributed by atoms with Crippen molar-refractivity contribution in [3.63, 3.8) is 0 Å². The molecule has 5 heterocycles. The fourth-order valence-corrected chi connectivity index (χ4v) is 9.48. The molecular formula is C51H60N4O15. The van der Waals surface area contributed by atoms with Crippen LogP contribution in [-0.4, -0.2) is 130 Å². The Labute approximate surface area is 404 Å². The van der Waals surface area contributed by atoms with Gasteiger partial charge in [-0.05, 0) is 32.1 Å². The van der Waals surface area contributed by atoms with Crippen molar-refractivity contribution in [1.82, 2.24) is 20.7 Å². The number of hydrogen-bond acceptors (Lipinski definition) is 17. The quantitative estimate of drug-likeness (QED) is 0.195. The molecule has 4 aliphatic heterocycles. The molecule has 9 atom stereocenters. The summed E-state index contributed by atoms with van der Waals surface area (Å²) < 4.78 is 34.4. The van der Waals surface area contributed by atoms with Crippen molar-refractivity contribution in [2.24, 2.45) is 23.7 Å². The lowest BCUT2D eigenvalue weighted by Gasteiger charge is -2.43. The maximum atomic E-state index is 14.8. The lowest BCUT2D eigenvalue weighted by molar-refractivity contribution is -0.173.